The first-order chi connectivity index (χ1) is 10.9. The molecule has 2 aromatic rings. The highest BCUT2D eigenvalue weighted by Gasteiger charge is 2.37. The summed E-state index contributed by atoms with van der Waals surface area (Å²) in [5.74, 6) is -1.02. The van der Waals surface area contributed by atoms with Gasteiger partial charge in [-0.1, -0.05) is 5.21 Å². The van der Waals surface area contributed by atoms with E-state index in [4.69, 9.17) is 5.73 Å². The first-order valence-electron chi connectivity index (χ1n) is 7.07. The van der Waals surface area contributed by atoms with E-state index >= 15 is 0 Å². The molecule has 1 fully saturated rings. The van der Waals surface area contributed by atoms with Crippen LogP contribution in [0, 0.1) is 0 Å². The van der Waals surface area contributed by atoms with E-state index in [9.17, 15) is 14.0 Å². The number of amides is 2. The number of hydrogen-bond donors (Lipinski definition) is 1. The van der Waals surface area contributed by atoms with Gasteiger partial charge in [0, 0.05) is 19.7 Å². The molecule has 2 N–H and O–H groups in total. The molecule has 1 aliphatic rings. The maximum atomic E-state index is 13.8. The van der Waals surface area contributed by atoms with E-state index in [1.54, 1.807) is 17.8 Å². The lowest BCUT2D eigenvalue weighted by Gasteiger charge is -2.23. The minimum Gasteiger partial charge on any atom is -0.364 e. The Morgan fingerprint density at radius 3 is 2.78 bits per heavy atom. The van der Waals surface area contributed by atoms with Crippen LogP contribution in [0.2, 0.25) is 0 Å². The van der Waals surface area contributed by atoms with Crippen LogP contribution in [0.25, 0.3) is 0 Å². The van der Waals surface area contributed by atoms with Crippen molar-refractivity contribution in [2.75, 3.05) is 6.54 Å². The number of nitrogens with zero attached hydrogens (tertiary/aromatic N) is 6. The second-order valence-corrected chi connectivity index (χ2v) is 5.56. The molecular formula is C13H16FN7O2. The lowest BCUT2D eigenvalue weighted by Crippen LogP contribution is -2.38. The van der Waals surface area contributed by atoms with Gasteiger partial charge in [-0.2, -0.15) is 0 Å². The summed E-state index contributed by atoms with van der Waals surface area (Å²) in [6.45, 7) is 0.247. The Labute approximate surface area is 130 Å². The zero-order valence-electron chi connectivity index (χ0n) is 12.5. The highest BCUT2D eigenvalue weighted by atomic mass is 19.1. The lowest BCUT2D eigenvalue weighted by molar-refractivity contribution is 0.0708. The van der Waals surface area contributed by atoms with Crippen LogP contribution in [-0.4, -0.2) is 60.0 Å². The van der Waals surface area contributed by atoms with Crippen LogP contribution < -0.4 is 5.73 Å². The third-order valence-corrected chi connectivity index (χ3v) is 3.74. The van der Waals surface area contributed by atoms with Gasteiger partial charge in [0.2, 0.25) is 0 Å². The Bertz CT molecular complexity index is 740. The van der Waals surface area contributed by atoms with Gasteiger partial charge in [0.25, 0.3) is 11.8 Å². The van der Waals surface area contributed by atoms with Crippen LogP contribution in [0.4, 0.5) is 4.39 Å². The SMILES string of the molecule is Cn1cnc(C(=O)N2C[C@@H](F)C[C@H]2Cn2cc(C(N)=O)nn2)c1. The number of aryl methyl sites for hydroxylation is 1. The summed E-state index contributed by atoms with van der Waals surface area (Å²) >= 11 is 0. The molecule has 0 spiro atoms. The molecule has 0 unspecified atom stereocenters. The van der Waals surface area contributed by atoms with E-state index in [0.717, 1.165) is 0 Å². The number of primary amides is 1. The molecule has 2 amide bonds. The predicted molar refractivity (Wildman–Crippen MR) is 76.1 cm³/mol. The first kappa shape index (κ1) is 15.1. The number of halogens is 1. The Morgan fingerprint density at radius 2 is 2.17 bits per heavy atom. The molecule has 0 saturated carbocycles. The molecule has 1 aliphatic heterocycles. The molecular weight excluding hydrogens is 305 g/mol. The van der Waals surface area contributed by atoms with Crippen LogP contribution in [-0.2, 0) is 13.6 Å². The summed E-state index contributed by atoms with van der Waals surface area (Å²) in [5, 5.41) is 7.42. The summed E-state index contributed by atoms with van der Waals surface area (Å²) in [6, 6.07) is -0.387. The second-order valence-electron chi connectivity index (χ2n) is 5.56. The van der Waals surface area contributed by atoms with E-state index < -0.39 is 12.1 Å². The average molecular weight is 321 g/mol. The number of aromatic nitrogens is 5. The van der Waals surface area contributed by atoms with Crippen molar-refractivity contribution in [1.29, 1.82) is 0 Å². The fourth-order valence-electron chi connectivity index (χ4n) is 2.67. The van der Waals surface area contributed by atoms with Gasteiger partial charge in [-0.3, -0.25) is 9.59 Å². The van der Waals surface area contributed by atoms with Gasteiger partial charge in [0.05, 0.1) is 31.7 Å². The summed E-state index contributed by atoms with van der Waals surface area (Å²) in [7, 11) is 1.75. The Balaban J connectivity index is 1.76. The van der Waals surface area contributed by atoms with Crippen LogP contribution >= 0.6 is 0 Å². The number of nitrogens with two attached hydrogens (primary N) is 1. The molecule has 0 aromatic carbocycles. The number of hydrogen-bond acceptors (Lipinski definition) is 5. The van der Waals surface area contributed by atoms with E-state index in [-0.39, 0.29) is 42.8 Å². The molecule has 0 radical (unpaired) electrons. The van der Waals surface area contributed by atoms with Gasteiger partial charge in [0.15, 0.2) is 5.69 Å². The van der Waals surface area contributed by atoms with Gasteiger partial charge in [-0.05, 0) is 0 Å². The third kappa shape index (κ3) is 3.05. The zero-order valence-corrected chi connectivity index (χ0v) is 12.5. The average Bonchev–Trinajstić information content (AvgIpc) is 3.19. The quantitative estimate of drug-likeness (QED) is 0.805. The fourth-order valence-corrected chi connectivity index (χ4v) is 2.67. The Morgan fingerprint density at radius 1 is 1.39 bits per heavy atom. The molecule has 3 rings (SSSR count). The van der Waals surface area contributed by atoms with Crippen molar-refractivity contribution in [3.8, 4) is 0 Å². The van der Waals surface area contributed by atoms with Crippen molar-refractivity contribution in [2.24, 2.45) is 12.8 Å². The third-order valence-electron chi connectivity index (χ3n) is 3.74. The smallest absolute Gasteiger partial charge is 0.274 e. The normalized spacial score (nSPS) is 20.9. The maximum absolute atomic E-state index is 13.8. The largest absolute Gasteiger partial charge is 0.364 e. The number of rotatable bonds is 4. The van der Waals surface area contributed by atoms with Crippen molar-refractivity contribution in [3.05, 3.63) is 30.1 Å². The fraction of sp³-hybridized carbons (Fsp3) is 0.462. The van der Waals surface area contributed by atoms with Gasteiger partial charge in [-0.15, -0.1) is 5.10 Å². The number of likely N-dealkylation sites (tertiary alicyclic amines) is 1. The minimum atomic E-state index is -1.10. The van der Waals surface area contributed by atoms with E-state index in [0.29, 0.717) is 0 Å². The van der Waals surface area contributed by atoms with Crippen LogP contribution in [0.1, 0.15) is 27.4 Å². The zero-order chi connectivity index (χ0) is 16.6. The number of imidazole rings is 1. The molecule has 10 heteroatoms. The standard InChI is InChI=1S/C13H16FN7O2/c1-19-5-11(16-7-19)13(23)21-3-8(14)2-9(21)4-20-6-10(12(15)22)17-18-20/h5-9H,2-4H2,1H3,(H2,15,22)/t8-,9-/m0/s1. The Hall–Kier alpha value is -2.78. The first-order valence-corrected chi connectivity index (χ1v) is 7.07. The summed E-state index contributed by atoms with van der Waals surface area (Å²) in [6.07, 6.45) is 3.58. The van der Waals surface area contributed by atoms with E-state index in [2.05, 4.69) is 15.3 Å². The molecule has 2 atom stereocenters. The van der Waals surface area contributed by atoms with Crippen LogP contribution in [0.5, 0.6) is 0 Å². The maximum Gasteiger partial charge on any atom is 0.274 e. The summed E-state index contributed by atoms with van der Waals surface area (Å²) in [5.41, 5.74) is 5.42. The highest BCUT2D eigenvalue weighted by molar-refractivity contribution is 5.92. The van der Waals surface area contributed by atoms with Gasteiger partial charge in [0.1, 0.15) is 11.9 Å². The Kier molecular flexibility index (Phi) is 3.80. The summed E-state index contributed by atoms with van der Waals surface area (Å²) in [4.78, 5) is 29.0. The topological polar surface area (TPSA) is 112 Å². The van der Waals surface area contributed by atoms with Crippen molar-refractivity contribution < 1.29 is 14.0 Å². The molecule has 9 nitrogen and oxygen atoms in total. The molecule has 3 heterocycles. The highest BCUT2D eigenvalue weighted by Crippen LogP contribution is 2.23. The van der Waals surface area contributed by atoms with Gasteiger partial charge < -0.3 is 15.2 Å². The van der Waals surface area contributed by atoms with Crippen LogP contribution in [0.3, 0.4) is 0 Å². The molecule has 23 heavy (non-hydrogen) atoms. The molecule has 1 saturated heterocycles. The lowest BCUT2D eigenvalue weighted by atomic mass is 10.2. The number of carbonyl (C=O) groups excluding carboxylic acids is 2. The van der Waals surface area contributed by atoms with Crippen LogP contribution in [0.15, 0.2) is 18.7 Å². The summed E-state index contributed by atoms with van der Waals surface area (Å²) < 4.78 is 16.8. The molecule has 122 valence electrons. The van der Waals surface area contributed by atoms with Gasteiger partial charge in [-0.25, -0.2) is 14.1 Å². The van der Waals surface area contributed by atoms with Crippen molar-refractivity contribution >= 4 is 11.8 Å². The second kappa shape index (κ2) is 5.78. The van der Waals surface area contributed by atoms with E-state index in [1.165, 1.54) is 22.1 Å². The predicted octanol–water partition coefficient (Wildman–Crippen LogP) is -0.637. The molecule has 2 aromatic heterocycles. The monoisotopic (exact) mass is 321 g/mol. The van der Waals surface area contributed by atoms with Crippen molar-refractivity contribution in [2.45, 2.75) is 25.2 Å². The van der Waals surface area contributed by atoms with Gasteiger partial charge >= 0.3 is 0 Å². The van der Waals surface area contributed by atoms with Crippen molar-refractivity contribution in [3.63, 3.8) is 0 Å². The number of alkyl halides is 1. The number of carbonyl (C=O) groups is 2. The molecule has 0 aliphatic carbocycles. The molecule has 0 bridgehead atoms. The van der Waals surface area contributed by atoms with Crippen molar-refractivity contribution in [1.82, 2.24) is 29.4 Å². The van der Waals surface area contributed by atoms with E-state index in [1.807, 2.05) is 0 Å². The minimum absolute atomic E-state index is 0.0114.